The molecule has 1 unspecified atom stereocenters. The Morgan fingerprint density at radius 2 is 2.00 bits per heavy atom. The average molecular weight is 234 g/mol. The van der Waals surface area contributed by atoms with Crippen molar-refractivity contribution in [3.63, 3.8) is 0 Å². The first kappa shape index (κ1) is 11.4. The summed E-state index contributed by atoms with van der Waals surface area (Å²) in [7, 11) is 0. The molecule has 0 aromatic heterocycles. The minimum absolute atomic E-state index is 0.0234. The van der Waals surface area contributed by atoms with Crippen molar-refractivity contribution >= 4 is 0 Å². The highest BCUT2D eigenvalue weighted by molar-refractivity contribution is 5.21. The van der Waals surface area contributed by atoms with Gasteiger partial charge in [-0.2, -0.15) is 4.91 Å². The topological polar surface area (TPSA) is 41.5 Å². The molecule has 1 N–H and O–H groups in total. The summed E-state index contributed by atoms with van der Waals surface area (Å²) < 4.78 is 0. The number of hydrogen-bond donors (Lipinski definition) is 1. The first-order valence-electron chi connectivity index (χ1n) is 7.04. The van der Waals surface area contributed by atoms with E-state index in [1.54, 1.807) is 11.1 Å². The Labute approximate surface area is 103 Å². The second kappa shape index (κ2) is 4.52. The molecule has 0 aromatic carbocycles. The van der Waals surface area contributed by atoms with Gasteiger partial charge < -0.3 is 5.32 Å². The van der Waals surface area contributed by atoms with Crippen molar-refractivity contribution in [2.75, 3.05) is 6.54 Å². The molecular weight excluding hydrogens is 212 g/mol. The maximum Gasteiger partial charge on any atom is 0.109 e. The maximum absolute atomic E-state index is 10.8. The van der Waals surface area contributed by atoms with Crippen molar-refractivity contribution in [1.82, 2.24) is 5.32 Å². The highest BCUT2D eigenvalue weighted by atomic mass is 16.3. The molecule has 3 nitrogen and oxygen atoms in total. The van der Waals surface area contributed by atoms with E-state index in [9.17, 15) is 4.91 Å². The van der Waals surface area contributed by atoms with Gasteiger partial charge in [0.1, 0.15) is 6.04 Å². The molecule has 2 aliphatic carbocycles. The molecule has 1 heterocycles. The van der Waals surface area contributed by atoms with Gasteiger partial charge >= 0.3 is 0 Å². The molecule has 0 amide bonds. The van der Waals surface area contributed by atoms with Crippen LogP contribution in [0.5, 0.6) is 0 Å². The third-order valence-corrected chi connectivity index (χ3v) is 4.93. The smallest absolute Gasteiger partial charge is 0.109 e. The zero-order chi connectivity index (χ0) is 11.8. The van der Waals surface area contributed by atoms with Crippen molar-refractivity contribution in [3.05, 3.63) is 16.1 Å². The van der Waals surface area contributed by atoms with Gasteiger partial charge in [0.05, 0.1) is 0 Å². The van der Waals surface area contributed by atoms with Gasteiger partial charge in [0, 0.05) is 18.5 Å². The van der Waals surface area contributed by atoms with Crippen LogP contribution in [0.4, 0.5) is 0 Å². The summed E-state index contributed by atoms with van der Waals surface area (Å²) in [6.45, 7) is 3.11. The number of fused-ring (bicyclic) bond motifs is 1. The number of allylic oxidation sites excluding steroid dienone is 2. The Balaban J connectivity index is 1.75. The zero-order valence-corrected chi connectivity index (χ0v) is 10.6. The monoisotopic (exact) mass is 234 g/mol. The summed E-state index contributed by atoms with van der Waals surface area (Å²) in [4.78, 5) is 10.8. The summed E-state index contributed by atoms with van der Waals surface area (Å²) >= 11 is 0. The highest BCUT2D eigenvalue weighted by Crippen LogP contribution is 2.43. The van der Waals surface area contributed by atoms with Gasteiger partial charge in [0.25, 0.3) is 0 Å². The fourth-order valence-electron chi connectivity index (χ4n) is 3.72. The second-order valence-electron chi connectivity index (χ2n) is 6.01. The summed E-state index contributed by atoms with van der Waals surface area (Å²) in [5.74, 6) is 1.40. The van der Waals surface area contributed by atoms with Crippen LogP contribution in [0.15, 0.2) is 16.3 Å². The number of nitrogens with zero attached hydrogens (tertiary/aromatic N) is 1. The van der Waals surface area contributed by atoms with Gasteiger partial charge in [-0.25, -0.2) is 0 Å². The summed E-state index contributed by atoms with van der Waals surface area (Å²) in [6.07, 6.45) is 7.60. The zero-order valence-electron chi connectivity index (χ0n) is 10.6. The van der Waals surface area contributed by atoms with E-state index in [0.717, 1.165) is 18.9 Å². The molecule has 0 aromatic rings. The van der Waals surface area contributed by atoms with E-state index < -0.39 is 0 Å². The Morgan fingerprint density at radius 1 is 1.18 bits per heavy atom. The van der Waals surface area contributed by atoms with Gasteiger partial charge in [0.2, 0.25) is 0 Å². The Bertz CT molecular complexity index is 346. The van der Waals surface area contributed by atoms with Gasteiger partial charge in [0.15, 0.2) is 0 Å². The molecule has 3 atom stereocenters. The lowest BCUT2D eigenvalue weighted by atomic mass is 9.82. The Kier molecular flexibility index (Phi) is 3.03. The van der Waals surface area contributed by atoms with Gasteiger partial charge in [-0.3, -0.25) is 0 Å². The van der Waals surface area contributed by atoms with Crippen LogP contribution in [0.25, 0.3) is 0 Å². The molecule has 0 radical (unpaired) electrons. The van der Waals surface area contributed by atoms with E-state index in [1.165, 1.54) is 32.1 Å². The summed E-state index contributed by atoms with van der Waals surface area (Å²) in [5.41, 5.74) is 3.36. The third-order valence-electron chi connectivity index (χ3n) is 4.93. The molecule has 1 saturated carbocycles. The maximum atomic E-state index is 10.8. The molecule has 1 aliphatic heterocycles. The van der Waals surface area contributed by atoms with Gasteiger partial charge in [-0.1, -0.05) is 16.3 Å². The molecule has 0 bridgehead atoms. The van der Waals surface area contributed by atoms with Crippen LogP contribution in [-0.2, 0) is 0 Å². The normalized spacial score (nSPS) is 42.8. The predicted molar refractivity (Wildman–Crippen MR) is 68.8 cm³/mol. The Morgan fingerprint density at radius 3 is 2.71 bits per heavy atom. The summed E-state index contributed by atoms with van der Waals surface area (Å²) in [5, 5.41) is 6.81. The van der Waals surface area contributed by atoms with Gasteiger partial charge in [-0.05, 0) is 51.4 Å². The van der Waals surface area contributed by atoms with Crippen molar-refractivity contribution in [1.29, 1.82) is 0 Å². The highest BCUT2D eigenvalue weighted by Gasteiger charge is 2.38. The fraction of sp³-hybridized carbons (Fsp3) is 0.857. The molecule has 0 spiro atoms. The predicted octanol–water partition coefficient (Wildman–Crippen LogP) is 3.01. The number of nitroso groups, excluding NO2 is 1. The minimum Gasteiger partial charge on any atom is -0.311 e. The van der Waals surface area contributed by atoms with Crippen LogP contribution in [0, 0.1) is 16.7 Å². The second-order valence-corrected chi connectivity index (χ2v) is 6.01. The molecule has 3 heteroatoms. The van der Waals surface area contributed by atoms with Crippen LogP contribution in [0.3, 0.4) is 0 Å². The van der Waals surface area contributed by atoms with Crippen LogP contribution in [0.1, 0.15) is 45.4 Å². The van der Waals surface area contributed by atoms with Crippen LogP contribution >= 0.6 is 0 Å². The lowest BCUT2D eigenvalue weighted by Crippen LogP contribution is -2.29. The number of nitrogens with one attached hydrogen (secondary N) is 1. The van der Waals surface area contributed by atoms with Gasteiger partial charge in [-0.15, -0.1) is 0 Å². The Hall–Kier alpha value is -0.700. The van der Waals surface area contributed by atoms with Crippen molar-refractivity contribution in [2.45, 2.75) is 57.5 Å². The third kappa shape index (κ3) is 2.17. The molecule has 3 rings (SSSR count). The van der Waals surface area contributed by atoms with E-state index in [-0.39, 0.29) is 6.04 Å². The average Bonchev–Trinajstić information content (AvgIpc) is 3.06. The summed E-state index contributed by atoms with van der Waals surface area (Å²) in [6, 6.07) is 0.565. The van der Waals surface area contributed by atoms with Crippen LogP contribution < -0.4 is 5.32 Å². The van der Waals surface area contributed by atoms with E-state index in [2.05, 4.69) is 17.4 Å². The lowest BCUT2D eigenvalue weighted by Gasteiger charge is -2.26. The molecule has 3 aliphatic rings. The van der Waals surface area contributed by atoms with E-state index in [4.69, 9.17) is 0 Å². The van der Waals surface area contributed by atoms with E-state index >= 15 is 0 Å². The van der Waals surface area contributed by atoms with Crippen LogP contribution in [-0.4, -0.2) is 18.6 Å². The van der Waals surface area contributed by atoms with Crippen molar-refractivity contribution in [3.8, 4) is 0 Å². The quantitative estimate of drug-likeness (QED) is 0.589. The molecular formula is C14H22N2O. The first-order valence-corrected chi connectivity index (χ1v) is 7.04. The molecule has 94 valence electrons. The van der Waals surface area contributed by atoms with Crippen molar-refractivity contribution in [2.24, 2.45) is 17.0 Å². The number of hydrogen-bond acceptors (Lipinski definition) is 3. The molecule has 17 heavy (non-hydrogen) atoms. The largest absolute Gasteiger partial charge is 0.311 e. The SMILES string of the molecule is C/C1=C(\C2CC2)CC[C@H]2NCC(N=O)[C@H]2CC1. The van der Waals surface area contributed by atoms with E-state index in [1.807, 2.05) is 0 Å². The standard InChI is InChI=1S/C14H22N2O/c1-9-2-5-12-13(15-8-14(12)16-17)7-6-11(9)10-3-4-10/h10,12-15H,2-8H2,1H3/b11-9+/t12-,13+,14?/m0/s1. The minimum atomic E-state index is 0.0234. The first-order chi connectivity index (χ1) is 8.29. The molecule has 2 fully saturated rings. The fourth-order valence-corrected chi connectivity index (χ4v) is 3.72. The molecule has 1 saturated heterocycles. The van der Waals surface area contributed by atoms with E-state index in [0.29, 0.717) is 12.0 Å². The van der Waals surface area contributed by atoms with Crippen LogP contribution in [0.2, 0.25) is 0 Å². The van der Waals surface area contributed by atoms with Crippen molar-refractivity contribution < 1.29 is 0 Å². The number of rotatable bonds is 2. The lowest BCUT2D eigenvalue weighted by molar-refractivity contribution is 0.364.